The highest BCUT2D eigenvalue weighted by Crippen LogP contribution is 2.44. The molecule has 100 heavy (non-hydrogen) atoms. The molecule has 5 aromatic heterocycles. The Labute approximate surface area is 576 Å². The van der Waals surface area contributed by atoms with Crippen LogP contribution in [0.2, 0.25) is 0 Å². The topological polar surface area (TPSA) is 58.4 Å². The molecule has 5 heterocycles. The number of hydrogen-bond acceptors (Lipinski definition) is 3. The minimum Gasteiger partial charge on any atom is -0.309 e. The van der Waals surface area contributed by atoms with Crippen molar-refractivity contribution in [1.82, 2.24) is 33.2 Å². The van der Waals surface area contributed by atoms with Crippen LogP contribution in [-0.2, 0) is 0 Å². The standard InChI is InChI=1S/C93H59N7/c1-5-23-60(24-6-1)72-37-22-38-73(61-25-7-2-8-26-61)90(72)93-95-91(62-43-49-70(50-44-62)99-82-39-17-13-33-74(82)78-51-45-65(58-88(78)99)63-47-53-86-80(56-63)76-35-15-19-41-84(76)97(86)68-28-9-3-10-29-68)94-92(96-93)67-27-21-32-71(55-67)100-83-40-18-14-34-75(83)79-52-46-66(59-89(79)100)64-48-54-87-81(57-64)77-36-16-20-42-85(77)98(87)69-30-11-4-12-31-69/h1-59H. The highest BCUT2D eigenvalue weighted by Gasteiger charge is 2.24. The number of nitrogens with zero attached hydrogens (tertiary/aromatic N) is 7. The molecule has 0 unspecified atom stereocenters. The Morgan fingerprint density at radius 1 is 0.160 bits per heavy atom. The second kappa shape index (κ2) is 23.1. The van der Waals surface area contributed by atoms with Crippen LogP contribution in [0.15, 0.2) is 358 Å². The van der Waals surface area contributed by atoms with Crippen molar-refractivity contribution in [3.63, 3.8) is 0 Å². The maximum absolute atomic E-state index is 5.61. The molecular weight excluding hydrogens is 1220 g/mol. The molecule has 0 spiro atoms. The van der Waals surface area contributed by atoms with Crippen molar-refractivity contribution in [2.75, 3.05) is 0 Å². The number of fused-ring (bicyclic) bond motifs is 12. The molecule has 7 nitrogen and oxygen atoms in total. The summed E-state index contributed by atoms with van der Waals surface area (Å²) in [6.07, 6.45) is 0. The second-order valence-electron chi connectivity index (χ2n) is 25.9. The second-order valence-corrected chi connectivity index (χ2v) is 25.9. The van der Waals surface area contributed by atoms with Crippen LogP contribution in [0.1, 0.15) is 0 Å². The van der Waals surface area contributed by atoms with Gasteiger partial charge in [0.2, 0.25) is 0 Å². The zero-order valence-corrected chi connectivity index (χ0v) is 54.2. The van der Waals surface area contributed by atoms with Gasteiger partial charge in [-0.15, -0.1) is 0 Å². The minimum absolute atomic E-state index is 0.565. The normalized spacial score (nSPS) is 11.8. The molecule has 466 valence electrons. The van der Waals surface area contributed by atoms with Crippen LogP contribution in [-0.4, -0.2) is 33.2 Å². The number of para-hydroxylation sites is 6. The maximum atomic E-state index is 5.61. The predicted octanol–water partition coefficient (Wildman–Crippen LogP) is 23.9. The monoisotopic (exact) mass is 1270 g/mol. The number of hydrogen-bond donors (Lipinski definition) is 0. The average Bonchev–Trinajstić information content (AvgIpc) is 1.54. The van der Waals surface area contributed by atoms with E-state index in [1.165, 1.54) is 65.2 Å². The van der Waals surface area contributed by atoms with Gasteiger partial charge in [0.05, 0.1) is 44.1 Å². The maximum Gasteiger partial charge on any atom is 0.165 e. The molecule has 0 aliphatic rings. The van der Waals surface area contributed by atoms with Gasteiger partial charge in [-0.2, -0.15) is 0 Å². The van der Waals surface area contributed by atoms with E-state index in [-0.39, 0.29) is 0 Å². The lowest BCUT2D eigenvalue weighted by atomic mass is 9.91. The molecule has 0 N–H and O–H groups in total. The van der Waals surface area contributed by atoms with Crippen LogP contribution >= 0.6 is 0 Å². The Balaban J connectivity index is 0.734. The Morgan fingerprint density at radius 2 is 0.470 bits per heavy atom. The lowest BCUT2D eigenvalue weighted by Gasteiger charge is -2.17. The molecule has 0 fully saturated rings. The number of benzene rings is 15. The highest BCUT2D eigenvalue weighted by molar-refractivity contribution is 6.15. The summed E-state index contributed by atoms with van der Waals surface area (Å²) in [4.78, 5) is 16.7. The van der Waals surface area contributed by atoms with Gasteiger partial charge in [-0.25, -0.2) is 15.0 Å². The van der Waals surface area contributed by atoms with Crippen molar-refractivity contribution in [2.45, 2.75) is 0 Å². The van der Waals surface area contributed by atoms with Gasteiger partial charge < -0.3 is 18.3 Å². The van der Waals surface area contributed by atoms with E-state index in [0.717, 1.165) is 106 Å². The summed E-state index contributed by atoms with van der Waals surface area (Å²) in [5.41, 5.74) is 25.0. The fourth-order valence-electron chi connectivity index (χ4n) is 15.7. The summed E-state index contributed by atoms with van der Waals surface area (Å²) in [5.74, 6) is 1.71. The van der Waals surface area contributed by atoms with Crippen molar-refractivity contribution in [1.29, 1.82) is 0 Å². The van der Waals surface area contributed by atoms with Crippen LogP contribution in [0.5, 0.6) is 0 Å². The first kappa shape index (κ1) is 56.8. The Bertz CT molecular complexity index is 6560. The zero-order valence-electron chi connectivity index (χ0n) is 54.2. The predicted molar refractivity (Wildman–Crippen MR) is 415 cm³/mol. The van der Waals surface area contributed by atoms with Crippen LogP contribution in [0.25, 0.3) is 189 Å². The van der Waals surface area contributed by atoms with Gasteiger partial charge >= 0.3 is 0 Å². The van der Waals surface area contributed by atoms with Crippen LogP contribution in [0.4, 0.5) is 0 Å². The smallest absolute Gasteiger partial charge is 0.165 e. The third-order valence-electron chi connectivity index (χ3n) is 20.2. The molecule has 0 bridgehead atoms. The van der Waals surface area contributed by atoms with Crippen LogP contribution < -0.4 is 0 Å². The largest absolute Gasteiger partial charge is 0.309 e. The summed E-state index contributed by atoms with van der Waals surface area (Å²) >= 11 is 0. The summed E-state index contributed by atoms with van der Waals surface area (Å²) in [7, 11) is 0. The fraction of sp³-hybridized carbons (Fsp3) is 0. The molecule has 0 saturated heterocycles. The molecule has 7 heteroatoms. The van der Waals surface area contributed by atoms with Gasteiger partial charge in [-0.3, -0.25) is 0 Å². The van der Waals surface area contributed by atoms with Crippen LogP contribution in [0, 0.1) is 0 Å². The van der Waals surface area contributed by atoms with E-state index in [0.29, 0.717) is 17.5 Å². The summed E-state index contributed by atoms with van der Waals surface area (Å²) in [6.45, 7) is 0. The van der Waals surface area contributed by atoms with E-state index in [1.54, 1.807) is 0 Å². The van der Waals surface area contributed by atoms with Crippen molar-refractivity contribution in [2.24, 2.45) is 0 Å². The molecule has 0 amide bonds. The van der Waals surface area contributed by atoms with Gasteiger partial charge in [-0.1, -0.05) is 237 Å². The van der Waals surface area contributed by atoms with E-state index in [9.17, 15) is 0 Å². The van der Waals surface area contributed by atoms with Gasteiger partial charge in [0.25, 0.3) is 0 Å². The lowest BCUT2D eigenvalue weighted by molar-refractivity contribution is 1.07. The third kappa shape index (κ3) is 9.24. The number of aromatic nitrogens is 7. The van der Waals surface area contributed by atoms with Crippen LogP contribution in [0.3, 0.4) is 0 Å². The van der Waals surface area contributed by atoms with Crippen molar-refractivity contribution in [3.05, 3.63) is 358 Å². The Hall–Kier alpha value is -13.5. The Kier molecular flexibility index (Phi) is 13.1. The zero-order chi connectivity index (χ0) is 65.8. The SMILES string of the molecule is c1ccc(-c2cccc(-c3ccccc3)c2-c2nc(-c3ccc(-n4c5ccccc5c5ccc(-c6ccc7c(c6)c6ccccc6n7-c6ccccc6)cc54)cc3)nc(-c3cccc(-n4c5ccccc5c5ccc(-c6ccc7c(c6)c6ccccc6n7-c6ccccc6)cc54)c3)n2)cc1. The summed E-state index contributed by atoms with van der Waals surface area (Å²) in [5, 5.41) is 9.62. The first-order valence-electron chi connectivity index (χ1n) is 34.1. The molecular formula is C93H59N7. The van der Waals surface area contributed by atoms with Crippen molar-refractivity contribution in [3.8, 4) is 101 Å². The van der Waals surface area contributed by atoms with Gasteiger partial charge in [0.15, 0.2) is 17.5 Å². The first-order valence-corrected chi connectivity index (χ1v) is 34.1. The molecule has 0 atom stereocenters. The van der Waals surface area contributed by atoms with E-state index < -0.39 is 0 Å². The van der Waals surface area contributed by atoms with E-state index >= 15 is 0 Å². The van der Waals surface area contributed by atoms with Crippen molar-refractivity contribution < 1.29 is 0 Å². The van der Waals surface area contributed by atoms with Gasteiger partial charge in [0, 0.05) is 82.5 Å². The average molecular weight is 1270 g/mol. The molecule has 0 aliphatic carbocycles. The number of rotatable bonds is 11. The van der Waals surface area contributed by atoms with E-state index in [1.807, 2.05) is 0 Å². The molecule has 0 saturated carbocycles. The van der Waals surface area contributed by atoms with Gasteiger partial charge in [-0.05, 0) is 166 Å². The Morgan fingerprint density at radius 3 is 0.950 bits per heavy atom. The van der Waals surface area contributed by atoms with Crippen molar-refractivity contribution >= 4 is 87.2 Å². The molecule has 20 aromatic rings. The molecule has 0 radical (unpaired) electrons. The highest BCUT2D eigenvalue weighted by atomic mass is 15.0. The molecule has 20 rings (SSSR count). The fourth-order valence-corrected chi connectivity index (χ4v) is 15.7. The summed E-state index contributed by atoms with van der Waals surface area (Å²) < 4.78 is 9.55. The molecule has 0 aliphatic heterocycles. The van der Waals surface area contributed by atoms with E-state index in [4.69, 9.17) is 15.0 Å². The third-order valence-corrected chi connectivity index (χ3v) is 20.2. The van der Waals surface area contributed by atoms with Gasteiger partial charge in [0.1, 0.15) is 0 Å². The quantitative estimate of drug-likeness (QED) is 0.130. The molecule has 15 aromatic carbocycles. The minimum atomic E-state index is 0.565. The summed E-state index contributed by atoms with van der Waals surface area (Å²) in [6, 6.07) is 129. The van der Waals surface area contributed by atoms with E-state index in [2.05, 4.69) is 376 Å². The first-order chi connectivity index (χ1) is 49.6. The lowest BCUT2D eigenvalue weighted by Crippen LogP contribution is -2.03.